The fraction of sp³-hybridized carbons (Fsp3) is 0.250. The third-order valence-corrected chi connectivity index (χ3v) is 6.03. The lowest BCUT2D eigenvalue weighted by atomic mass is 10.0. The first-order valence-electron chi connectivity index (χ1n) is 10.3. The Kier molecular flexibility index (Phi) is 5.15. The topological polar surface area (TPSA) is 37.2 Å². The first-order valence-corrected chi connectivity index (χ1v) is 10.6. The number of benzene rings is 2. The van der Waals surface area contributed by atoms with Gasteiger partial charge in [-0.15, -0.1) is 0 Å². The highest BCUT2D eigenvalue weighted by molar-refractivity contribution is 6.31. The van der Waals surface area contributed by atoms with E-state index in [1.807, 2.05) is 36.8 Å². The van der Waals surface area contributed by atoms with Crippen molar-refractivity contribution in [3.63, 3.8) is 0 Å². The highest BCUT2D eigenvalue weighted by Crippen LogP contribution is 2.30. The summed E-state index contributed by atoms with van der Waals surface area (Å²) in [5.74, 6) is 1.08. The van der Waals surface area contributed by atoms with Gasteiger partial charge in [-0.2, -0.15) is 0 Å². The smallest absolute Gasteiger partial charge is 0.136 e. The zero-order valence-electron chi connectivity index (χ0n) is 17.0. The van der Waals surface area contributed by atoms with Crippen LogP contribution in [-0.4, -0.2) is 52.7 Å². The van der Waals surface area contributed by atoms with E-state index in [0.717, 1.165) is 54.6 Å². The van der Waals surface area contributed by atoms with Crippen LogP contribution in [0.5, 0.6) is 0 Å². The molecule has 5 rings (SSSR count). The number of nitrogens with zero attached hydrogens (tertiary/aromatic N) is 5. The molecule has 1 aliphatic heterocycles. The van der Waals surface area contributed by atoms with Crippen molar-refractivity contribution in [2.75, 3.05) is 38.1 Å². The number of aromatic nitrogens is 3. The number of halogens is 1. The molecule has 0 unspecified atom stereocenters. The van der Waals surface area contributed by atoms with E-state index in [9.17, 15) is 0 Å². The molecule has 1 saturated heterocycles. The van der Waals surface area contributed by atoms with Gasteiger partial charge in [-0.05, 0) is 48.5 Å². The Hall–Kier alpha value is -2.89. The summed E-state index contributed by atoms with van der Waals surface area (Å²) < 4.78 is 2.13. The lowest BCUT2D eigenvalue weighted by Gasteiger charge is -2.34. The van der Waals surface area contributed by atoms with Crippen LogP contribution in [0.3, 0.4) is 0 Å². The molecular formula is C24H24ClN5. The zero-order valence-corrected chi connectivity index (χ0v) is 17.8. The number of likely N-dealkylation sites (N-methyl/N-ethyl adjacent to an activating group) is 1. The maximum atomic E-state index is 6.17. The summed E-state index contributed by atoms with van der Waals surface area (Å²) in [5.41, 5.74) is 5.62. The van der Waals surface area contributed by atoms with Gasteiger partial charge in [0, 0.05) is 49.5 Å². The largest absolute Gasteiger partial charge is 0.354 e. The highest BCUT2D eigenvalue weighted by atomic mass is 35.5. The molecule has 2 aromatic carbocycles. The maximum absolute atomic E-state index is 6.17. The molecule has 6 heteroatoms. The molecule has 1 aliphatic rings. The van der Waals surface area contributed by atoms with Gasteiger partial charge in [0.15, 0.2) is 0 Å². The minimum absolute atomic E-state index is 0.729. The molecule has 0 spiro atoms. The summed E-state index contributed by atoms with van der Waals surface area (Å²) in [5, 5.41) is 0.729. The van der Waals surface area contributed by atoms with Crippen LogP contribution in [0.1, 0.15) is 5.56 Å². The minimum atomic E-state index is 0.729. The molecule has 152 valence electrons. The first kappa shape index (κ1) is 19.1. The number of imidazole rings is 1. The van der Waals surface area contributed by atoms with Gasteiger partial charge in [-0.3, -0.25) is 0 Å². The summed E-state index contributed by atoms with van der Waals surface area (Å²) in [6.07, 6.45) is 3.77. The van der Waals surface area contributed by atoms with E-state index in [-0.39, 0.29) is 0 Å². The number of pyridine rings is 1. The second kappa shape index (κ2) is 8.09. The third-order valence-electron chi connectivity index (χ3n) is 5.79. The Labute approximate surface area is 181 Å². The molecule has 0 saturated carbocycles. The molecular weight excluding hydrogens is 394 g/mol. The first-order chi connectivity index (χ1) is 14.7. The molecule has 4 aromatic rings. The molecule has 5 nitrogen and oxygen atoms in total. The van der Waals surface area contributed by atoms with Crippen molar-refractivity contribution in [3.8, 4) is 11.1 Å². The Balaban J connectivity index is 1.40. The summed E-state index contributed by atoms with van der Waals surface area (Å²) in [7, 11) is 2.17. The molecule has 1 fully saturated rings. The van der Waals surface area contributed by atoms with Crippen molar-refractivity contribution >= 4 is 28.5 Å². The third kappa shape index (κ3) is 3.78. The Morgan fingerprint density at radius 1 is 0.933 bits per heavy atom. The van der Waals surface area contributed by atoms with Gasteiger partial charge in [0.05, 0.1) is 17.4 Å². The number of fused-ring (bicyclic) bond motifs is 1. The molecule has 0 aliphatic carbocycles. The number of rotatable bonds is 4. The van der Waals surface area contributed by atoms with Gasteiger partial charge in [0.2, 0.25) is 0 Å². The predicted molar refractivity (Wildman–Crippen MR) is 123 cm³/mol. The number of hydrogen-bond donors (Lipinski definition) is 0. The number of piperazine rings is 1. The Morgan fingerprint density at radius 2 is 1.73 bits per heavy atom. The van der Waals surface area contributed by atoms with Gasteiger partial charge in [-0.1, -0.05) is 35.9 Å². The van der Waals surface area contributed by atoms with Crippen molar-refractivity contribution in [2.24, 2.45) is 0 Å². The zero-order chi connectivity index (χ0) is 20.5. The van der Waals surface area contributed by atoms with Crippen LogP contribution in [0.15, 0.2) is 67.1 Å². The summed E-state index contributed by atoms with van der Waals surface area (Å²) in [6.45, 7) is 4.91. The fourth-order valence-electron chi connectivity index (χ4n) is 4.03. The van der Waals surface area contributed by atoms with E-state index in [2.05, 4.69) is 56.7 Å². The van der Waals surface area contributed by atoms with Crippen LogP contribution in [-0.2, 0) is 6.54 Å². The molecule has 0 amide bonds. The van der Waals surface area contributed by atoms with Crippen molar-refractivity contribution in [3.05, 3.63) is 77.7 Å². The molecule has 0 N–H and O–H groups in total. The lowest BCUT2D eigenvalue weighted by molar-refractivity contribution is 0.312. The van der Waals surface area contributed by atoms with Gasteiger partial charge in [-0.25, -0.2) is 9.97 Å². The van der Waals surface area contributed by atoms with E-state index >= 15 is 0 Å². The average Bonchev–Trinajstić information content (AvgIpc) is 3.17. The predicted octanol–water partition coefficient (Wildman–Crippen LogP) is 4.55. The van der Waals surface area contributed by atoms with Gasteiger partial charge >= 0.3 is 0 Å². The number of hydrogen-bond acceptors (Lipinski definition) is 4. The molecule has 0 atom stereocenters. The Bertz CT molecular complexity index is 1160. The van der Waals surface area contributed by atoms with Crippen LogP contribution in [0.2, 0.25) is 5.02 Å². The van der Waals surface area contributed by atoms with Crippen LogP contribution in [0, 0.1) is 0 Å². The average molecular weight is 418 g/mol. The second-order valence-corrected chi connectivity index (χ2v) is 8.30. The number of anilines is 1. The standard InChI is InChI=1S/C24H24ClN5/c1-28-11-13-29(14-12-28)24-21(3-2-10-26-24)19-6-4-18(5-7-19)16-30-17-27-22-9-8-20(25)15-23(22)30/h2-10,15,17H,11-14,16H2,1H3. The van der Waals surface area contributed by atoms with Crippen LogP contribution >= 0.6 is 11.6 Å². The van der Waals surface area contributed by atoms with Crippen LogP contribution in [0.25, 0.3) is 22.2 Å². The summed E-state index contributed by atoms with van der Waals surface area (Å²) in [6, 6.07) is 18.7. The van der Waals surface area contributed by atoms with Crippen molar-refractivity contribution < 1.29 is 0 Å². The van der Waals surface area contributed by atoms with Crippen molar-refractivity contribution in [1.82, 2.24) is 19.4 Å². The van der Waals surface area contributed by atoms with Gasteiger partial charge < -0.3 is 14.4 Å². The molecule has 2 aromatic heterocycles. The molecule has 0 radical (unpaired) electrons. The Morgan fingerprint density at radius 3 is 2.53 bits per heavy atom. The molecule has 30 heavy (non-hydrogen) atoms. The quantitative estimate of drug-likeness (QED) is 0.488. The molecule has 3 heterocycles. The van der Waals surface area contributed by atoms with E-state index in [1.165, 1.54) is 16.7 Å². The lowest BCUT2D eigenvalue weighted by Crippen LogP contribution is -2.45. The van der Waals surface area contributed by atoms with Crippen molar-refractivity contribution in [1.29, 1.82) is 0 Å². The van der Waals surface area contributed by atoms with Crippen LogP contribution in [0.4, 0.5) is 5.82 Å². The summed E-state index contributed by atoms with van der Waals surface area (Å²) >= 11 is 6.17. The van der Waals surface area contributed by atoms with E-state index in [4.69, 9.17) is 16.6 Å². The minimum Gasteiger partial charge on any atom is -0.354 e. The van der Waals surface area contributed by atoms with Crippen LogP contribution < -0.4 is 4.90 Å². The van der Waals surface area contributed by atoms with E-state index in [1.54, 1.807) is 0 Å². The normalized spacial score (nSPS) is 15.1. The second-order valence-electron chi connectivity index (χ2n) is 7.87. The van der Waals surface area contributed by atoms with Gasteiger partial charge in [0.25, 0.3) is 0 Å². The highest BCUT2D eigenvalue weighted by Gasteiger charge is 2.18. The maximum Gasteiger partial charge on any atom is 0.136 e. The van der Waals surface area contributed by atoms with Gasteiger partial charge in [0.1, 0.15) is 5.82 Å². The van der Waals surface area contributed by atoms with E-state index in [0.29, 0.717) is 0 Å². The summed E-state index contributed by atoms with van der Waals surface area (Å²) in [4.78, 5) is 13.9. The molecule has 0 bridgehead atoms. The fourth-order valence-corrected chi connectivity index (χ4v) is 4.20. The monoisotopic (exact) mass is 417 g/mol. The SMILES string of the molecule is CN1CCN(c2ncccc2-c2ccc(Cn3cnc4ccc(Cl)cc43)cc2)CC1. The van der Waals surface area contributed by atoms with E-state index < -0.39 is 0 Å². The van der Waals surface area contributed by atoms with Crippen molar-refractivity contribution in [2.45, 2.75) is 6.54 Å².